The molecule has 0 aliphatic heterocycles. The van der Waals surface area contributed by atoms with E-state index in [1.807, 2.05) is 12.1 Å². The summed E-state index contributed by atoms with van der Waals surface area (Å²) in [5.41, 5.74) is 2.07. The zero-order valence-electron chi connectivity index (χ0n) is 15.9. The van der Waals surface area contributed by atoms with Crippen LogP contribution in [0, 0.1) is 17.3 Å². The molecule has 5 rings (SSSR count). The third kappa shape index (κ3) is 2.62. The van der Waals surface area contributed by atoms with Crippen LogP contribution in [0.3, 0.4) is 0 Å². The summed E-state index contributed by atoms with van der Waals surface area (Å²) in [4.78, 5) is 1.22. The number of aromatic hydroxyl groups is 1. The van der Waals surface area contributed by atoms with Gasteiger partial charge >= 0.3 is 0 Å². The summed E-state index contributed by atoms with van der Waals surface area (Å²) >= 11 is 1.73. The summed E-state index contributed by atoms with van der Waals surface area (Å²) in [5.74, 6) is 2.22. The molecule has 1 aromatic carbocycles. The fraction of sp³-hybridized carbons (Fsp3) is 0.500. The standard InChI is InChI=1S/C24H28O2S/c1-23-11-9-20-19-7-5-17(25)15-16(19)4-6-21(20)22(23)10-13-24(23,26)12-8-18-3-2-14-27-18/h2-3,5,7-8,12,14-15,20-22,25-26H,4,6,9-11,13H2,1H3/b12-8+/t20-,21-,22+,23+,24+/m1/s1. The number of aryl methyl sites for hydroxylation is 1. The highest BCUT2D eigenvalue weighted by atomic mass is 32.1. The van der Waals surface area contributed by atoms with Crippen molar-refractivity contribution in [1.82, 2.24) is 0 Å². The highest BCUT2D eigenvalue weighted by Crippen LogP contribution is 2.64. The number of benzene rings is 1. The number of phenolic OH excluding ortho intramolecular Hbond substituents is 1. The van der Waals surface area contributed by atoms with Crippen molar-refractivity contribution in [3.8, 4) is 5.75 Å². The molecule has 0 amide bonds. The van der Waals surface area contributed by atoms with Crippen LogP contribution in [-0.4, -0.2) is 15.8 Å². The maximum atomic E-state index is 11.7. The number of fused-ring (bicyclic) bond motifs is 5. The fourth-order valence-corrected chi connectivity index (χ4v) is 7.12. The molecule has 0 radical (unpaired) electrons. The molecule has 3 aliphatic carbocycles. The van der Waals surface area contributed by atoms with Crippen LogP contribution < -0.4 is 0 Å². The molecule has 2 N–H and O–H groups in total. The number of thiophene rings is 1. The van der Waals surface area contributed by atoms with Gasteiger partial charge in [-0.05, 0) is 97.1 Å². The Morgan fingerprint density at radius 2 is 2.04 bits per heavy atom. The highest BCUT2D eigenvalue weighted by molar-refractivity contribution is 7.10. The van der Waals surface area contributed by atoms with Crippen molar-refractivity contribution < 1.29 is 10.2 Å². The number of phenols is 1. The average molecular weight is 381 g/mol. The second-order valence-corrected chi connectivity index (χ2v) is 10.0. The molecule has 5 atom stereocenters. The summed E-state index contributed by atoms with van der Waals surface area (Å²) in [6.45, 7) is 2.34. The Kier molecular flexibility index (Phi) is 4.03. The van der Waals surface area contributed by atoms with Crippen molar-refractivity contribution in [3.63, 3.8) is 0 Å². The maximum absolute atomic E-state index is 11.7. The summed E-state index contributed by atoms with van der Waals surface area (Å²) in [6.07, 6.45) is 10.7. The monoisotopic (exact) mass is 380 g/mol. The van der Waals surface area contributed by atoms with Crippen LogP contribution in [0.1, 0.15) is 60.9 Å². The molecule has 0 bridgehead atoms. The Hall–Kier alpha value is -1.58. The van der Waals surface area contributed by atoms with E-state index < -0.39 is 5.60 Å². The van der Waals surface area contributed by atoms with Crippen molar-refractivity contribution >= 4 is 17.4 Å². The number of hydrogen-bond acceptors (Lipinski definition) is 3. The lowest BCUT2D eigenvalue weighted by molar-refractivity contribution is -0.0704. The molecule has 2 aromatic rings. The molecule has 27 heavy (non-hydrogen) atoms. The Bertz CT molecular complexity index is 871. The molecule has 0 unspecified atom stereocenters. The Balaban J connectivity index is 1.45. The van der Waals surface area contributed by atoms with Gasteiger partial charge in [-0.25, -0.2) is 0 Å². The van der Waals surface area contributed by atoms with Crippen molar-refractivity contribution in [3.05, 3.63) is 57.8 Å². The number of hydrogen-bond donors (Lipinski definition) is 2. The van der Waals surface area contributed by atoms with E-state index in [9.17, 15) is 10.2 Å². The van der Waals surface area contributed by atoms with E-state index in [4.69, 9.17) is 0 Å². The number of rotatable bonds is 2. The third-order valence-electron chi connectivity index (χ3n) is 7.99. The zero-order chi connectivity index (χ0) is 18.6. The van der Waals surface area contributed by atoms with Gasteiger partial charge in [0.15, 0.2) is 0 Å². The molecule has 2 fully saturated rings. The maximum Gasteiger partial charge on any atom is 0.115 e. The Morgan fingerprint density at radius 1 is 1.15 bits per heavy atom. The first kappa shape index (κ1) is 17.5. The summed E-state index contributed by atoms with van der Waals surface area (Å²) in [5, 5.41) is 23.6. The predicted octanol–water partition coefficient (Wildman–Crippen LogP) is 5.75. The van der Waals surface area contributed by atoms with Crippen LogP contribution in [0.25, 0.3) is 6.08 Å². The highest BCUT2D eigenvalue weighted by Gasteiger charge is 2.60. The van der Waals surface area contributed by atoms with Crippen LogP contribution in [-0.2, 0) is 6.42 Å². The minimum Gasteiger partial charge on any atom is -0.508 e. The molecule has 3 aliphatic rings. The second-order valence-electron chi connectivity index (χ2n) is 9.07. The van der Waals surface area contributed by atoms with Gasteiger partial charge in [0.1, 0.15) is 5.75 Å². The first-order valence-electron chi connectivity index (χ1n) is 10.3. The first-order chi connectivity index (χ1) is 13.0. The molecule has 142 valence electrons. The molecule has 2 nitrogen and oxygen atoms in total. The van der Waals surface area contributed by atoms with E-state index in [0.29, 0.717) is 23.5 Å². The normalized spacial score (nSPS) is 37.8. The molecule has 3 heteroatoms. The minimum absolute atomic E-state index is 0.0314. The molecule has 2 saturated carbocycles. The quantitative estimate of drug-likeness (QED) is 0.696. The van der Waals surface area contributed by atoms with Gasteiger partial charge in [-0.3, -0.25) is 0 Å². The van der Waals surface area contributed by atoms with E-state index in [1.54, 1.807) is 11.3 Å². The van der Waals surface area contributed by atoms with Gasteiger partial charge < -0.3 is 10.2 Å². The van der Waals surface area contributed by atoms with Gasteiger partial charge in [0.2, 0.25) is 0 Å². The van der Waals surface area contributed by atoms with Crippen molar-refractivity contribution in [1.29, 1.82) is 0 Å². The SMILES string of the molecule is C[C@]12CC[C@@H]3c4ccc(O)cc4CC[C@H]3[C@@H]1CC[C@@]2(O)/C=C/c1cccs1. The van der Waals surface area contributed by atoms with Gasteiger partial charge in [-0.2, -0.15) is 0 Å². The molecule has 1 aromatic heterocycles. The number of aliphatic hydroxyl groups is 1. The summed E-state index contributed by atoms with van der Waals surface area (Å²) < 4.78 is 0. The van der Waals surface area contributed by atoms with Gasteiger partial charge in [-0.1, -0.05) is 25.1 Å². The van der Waals surface area contributed by atoms with Crippen molar-refractivity contribution in [2.24, 2.45) is 17.3 Å². The van der Waals surface area contributed by atoms with Crippen LogP contribution >= 0.6 is 11.3 Å². The lowest BCUT2D eigenvalue weighted by Gasteiger charge is -2.52. The smallest absolute Gasteiger partial charge is 0.115 e. The van der Waals surface area contributed by atoms with E-state index in [1.165, 1.54) is 22.4 Å². The third-order valence-corrected chi connectivity index (χ3v) is 8.83. The van der Waals surface area contributed by atoms with E-state index >= 15 is 0 Å². The van der Waals surface area contributed by atoms with Crippen molar-refractivity contribution in [2.75, 3.05) is 0 Å². The average Bonchev–Trinajstić information content (AvgIpc) is 3.26. The molecule has 0 saturated heterocycles. The summed E-state index contributed by atoms with van der Waals surface area (Å²) in [7, 11) is 0. The molecular formula is C24H28O2S. The molecular weight excluding hydrogens is 352 g/mol. The lowest BCUT2D eigenvalue weighted by atomic mass is 9.53. The van der Waals surface area contributed by atoms with E-state index in [0.717, 1.165) is 32.1 Å². The minimum atomic E-state index is -0.693. The van der Waals surface area contributed by atoms with Gasteiger partial charge in [0.05, 0.1) is 5.60 Å². The predicted molar refractivity (Wildman–Crippen MR) is 111 cm³/mol. The van der Waals surface area contributed by atoms with Crippen LogP contribution in [0.15, 0.2) is 41.8 Å². The van der Waals surface area contributed by atoms with Gasteiger partial charge in [0.25, 0.3) is 0 Å². The lowest BCUT2D eigenvalue weighted by Crippen LogP contribution is -2.49. The van der Waals surface area contributed by atoms with E-state index in [2.05, 4.69) is 42.7 Å². The van der Waals surface area contributed by atoms with E-state index in [-0.39, 0.29) is 5.41 Å². The Labute approximate surface area is 165 Å². The van der Waals surface area contributed by atoms with Gasteiger partial charge in [0, 0.05) is 10.3 Å². The Morgan fingerprint density at radius 3 is 2.85 bits per heavy atom. The molecule has 1 heterocycles. The van der Waals surface area contributed by atoms with Gasteiger partial charge in [-0.15, -0.1) is 11.3 Å². The topological polar surface area (TPSA) is 40.5 Å². The first-order valence-corrected chi connectivity index (χ1v) is 11.2. The van der Waals surface area contributed by atoms with Crippen LogP contribution in [0.4, 0.5) is 0 Å². The summed E-state index contributed by atoms with van der Waals surface area (Å²) in [6, 6.07) is 10.2. The van der Waals surface area contributed by atoms with Crippen LogP contribution in [0.2, 0.25) is 0 Å². The second kappa shape index (κ2) is 6.22. The largest absolute Gasteiger partial charge is 0.508 e. The molecule has 0 spiro atoms. The van der Waals surface area contributed by atoms with Crippen molar-refractivity contribution in [2.45, 2.75) is 57.0 Å². The van der Waals surface area contributed by atoms with Crippen LogP contribution in [0.5, 0.6) is 5.75 Å². The fourth-order valence-electron chi connectivity index (χ4n) is 6.50. The zero-order valence-corrected chi connectivity index (χ0v) is 16.7.